The minimum atomic E-state index is -0.440. The first-order valence-electron chi connectivity index (χ1n) is 12.4. The van der Waals surface area contributed by atoms with Crippen LogP contribution in [-0.4, -0.2) is 70.4 Å². The Morgan fingerprint density at radius 1 is 0.943 bits per heavy atom. The molecular formula is C26H31N5O4. The number of imide groups is 1. The van der Waals surface area contributed by atoms with Crippen LogP contribution in [0.5, 0.6) is 5.88 Å². The Morgan fingerprint density at radius 3 is 2.26 bits per heavy atom. The van der Waals surface area contributed by atoms with Gasteiger partial charge in [0, 0.05) is 57.1 Å². The summed E-state index contributed by atoms with van der Waals surface area (Å²) in [5, 5.41) is 0. The molecule has 9 nitrogen and oxygen atoms in total. The maximum atomic E-state index is 12.8. The van der Waals surface area contributed by atoms with Crippen LogP contribution >= 0.6 is 0 Å². The highest BCUT2D eigenvalue weighted by Gasteiger charge is 2.48. The second kappa shape index (κ2) is 10.1. The maximum absolute atomic E-state index is 12.8. The number of aromatic nitrogens is 2. The van der Waals surface area contributed by atoms with E-state index < -0.39 is 6.09 Å². The Bertz CT molecular complexity index is 1060. The fourth-order valence-electron chi connectivity index (χ4n) is 5.21. The summed E-state index contributed by atoms with van der Waals surface area (Å²) in [5.74, 6) is -0.533. The molecule has 0 aromatic carbocycles. The molecule has 0 spiro atoms. The van der Waals surface area contributed by atoms with Gasteiger partial charge in [0.15, 0.2) is 0 Å². The van der Waals surface area contributed by atoms with Gasteiger partial charge in [-0.05, 0) is 37.5 Å². The largest absolute Gasteiger partial charge is 0.416 e. The van der Waals surface area contributed by atoms with Gasteiger partial charge >= 0.3 is 6.09 Å². The summed E-state index contributed by atoms with van der Waals surface area (Å²) in [7, 11) is 0. The SMILES string of the molecule is Cc1ccc(CCN2CCN(C(=O)Oc3ccc(N4C(=O)C5CCCCC5C4=O)cn3)CC2)nc1. The molecule has 3 fully saturated rings. The molecule has 0 N–H and O–H groups in total. The van der Waals surface area contributed by atoms with Gasteiger partial charge in [-0.15, -0.1) is 0 Å². The Labute approximate surface area is 205 Å². The molecule has 2 aromatic rings. The summed E-state index contributed by atoms with van der Waals surface area (Å²) in [4.78, 5) is 52.0. The van der Waals surface area contributed by atoms with E-state index in [2.05, 4.69) is 27.0 Å². The van der Waals surface area contributed by atoms with Crippen molar-refractivity contribution in [2.24, 2.45) is 11.8 Å². The van der Waals surface area contributed by atoms with Gasteiger partial charge in [0.1, 0.15) is 0 Å². The summed E-state index contributed by atoms with van der Waals surface area (Å²) in [6, 6.07) is 7.30. The molecule has 2 atom stereocenters. The molecule has 2 aromatic heterocycles. The number of hydrogen-bond acceptors (Lipinski definition) is 7. The van der Waals surface area contributed by atoms with Crippen LogP contribution in [0.1, 0.15) is 36.9 Å². The van der Waals surface area contributed by atoms with E-state index in [-0.39, 0.29) is 29.5 Å². The number of nitrogens with zero attached hydrogens (tertiary/aromatic N) is 5. The lowest BCUT2D eigenvalue weighted by Gasteiger charge is -2.33. The second-order valence-electron chi connectivity index (χ2n) is 9.64. The number of pyridine rings is 2. The van der Waals surface area contributed by atoms with Crippen LogP contribution < -0.4 is 9.64 Å². The molecule has 3 aliphatic rings. The lowest BCUT2D eigenvalue weighted by molar-refractivity contribution is -0.122. The zero-order valence-corrected chi connectivity index (χ0v) is 20.1. The number of ether oxygens (including phenoxy) is 1. The minimum absolute atomic E-state index is 0.137. The van der Waals surface area contributed by atoms with E-state index in [1.165, 1.54) is 11.1 Å². The van der Waals surface area contributed by atoms with Gasteiger partial charge in [0.25, 0.3) is 0 Å². The van der Waals surface area contributed by atoms with Crippen LogP contribution in [0, 0.1) is 18.8 Å². The van der Waals surface area contributed by atoms with Crippen LogP contribution in [0.15, 0.2) is 36.7 Å². The van der Waals surface area contributed by atoms with Crippen molar-refractivity contribution in [2.75, 3.05) is 37.6 Å². The number of anilines is 1. The Balaban J connectivity index is 1.11. The first-order chi connectivity index (χ1) is 17.0. The van der Waals surface area contributed by atoms with Gasteiger partial charge in [-0.3, -0.25) is 19.5 Å². The number of hydrogen-bond donors (Lipinski definition) is 0. The number of amides is 3. The van der Waals surface area contributed by atoms with E-state index in [4.69, 9.17) is 4.74 Å². The van der Waals surface area contributed by atoms with Crippen molar-refractivity contribution in [3.05, 3.63) is 47.9 Å². The van der Waals surface area contributed by atoms with Crippen molar-refractivity contribution in [3.8, 4) is 5.88 Å². The molecule has 1 saturated carbocycles. The molecule has 0 radical (unpaired) electrons. The molecule has 3 amide bonds. The van der Waals surface area contributed by atoms with Gasteiger partial charge in [-0.2, -0.15) is 0 Å². The third kappa shape index (κ3) is 5.05. The zero-order valence-electron chi connectivity index (χ0n) is 20.1. The van der Waals surface area contributed by atoms with Crippen molar-refractivity contribution in [1.82, 2.24) is 19.8 Å². The van der Waals surface area contributed by atoms with Gasteiger partial charge < -0.3 is 9.64 Å². The van der Waals surface area contributed by atoms with Crippen LogP contribution in [0.4, 0.5) is 10.5 Å². The van der Waals surface area contributed by atoms with Crippen molar-refractivity contribution >= 4 is 23.6 Å². The van der Waals surface area contributed by atoms with Crippen LogP contribution in [0.25, 0.3) is 0 Å². The monoisotopic (exact) mass is 477 g/mol. The molecule has 2 unspecified atom stereocenters. The second-order valence-corrected chi connectivity index (χ2v) is 9.64. The summed E-state index contributed by atoms with van der Waals surface area (Å²) in [5.41, 5.74) is 2.66. The summed E-state index contributed by atoms with van der Waals surface area (Å²) >= 11 is 0. The third-order valence-corrected chi connectivity index (χ3v) is 7.30. The smallest absolute Gasteiger partial charge is 0.391 e. The topological polar surface area (TPSA) is 95.9 Å². The van der Waals surface area contributed by atoms with E-state index in [9.17, 15) is 14.4 Å². The first kappa shape index (κ1) is 23.4. The van der Waals surface area contributed by atoms with Crippen LogP contribution in [-0.2, 0) is 16.0 Å². The number of piperazine rings is 1. The first-order valence-corrected chi connectivity index (χ1v) is 12.4. The lowest BCUT2D eigenvalue weighted by Crippen LogP contribution is -2.50. The van der Waals surface area contributed by atoms with E-state index in [0.29, 0.717) is 18.8 Å². The highest BCUT2D eigenvalue weighted by Crippen LogP contribution is 2.40. The third-order valence-electron chi connectivity index (χ3n) is 7.30. The minimum Gasteiger partial charge on any atom is -0.391 e. The standard InChI is InChI=1S/C26H31N5O4/c1-18-6-7-19(27-16-18)10-11-29-12-14-30(15-13-29)26(34)35-23-9-8-20(17-28-23)31-24(32)21-4-2-3-5-22(21)25(31)33/h6-9,16-17,21-22H,2-5,10-15H2,1H3. The predicted octanol–water partition coefficient (Wildman–Crippen LogP) is 2.82. The van der Waals surface area contributed by atoms with Crippen molar-refractivity contribution in [3.63, 3.8) is 0 Å². The number of rotatable bonds is 5. The molecule has 0 bridgehead atoms. The summed E-state index contributed by atoms with van der Waals surface area (Å²) < 4.78 is 5.45. The molecule has 5 rings (SSSR count). The Hall–Kier alpha value is -3.33. The quantitative estimate of drug-likeness (QED) is 0.611. The van der Waals surface area contributed by atoms with E-state index in [1.54, 1.807) is 17.0 Å². The molecular weight excluding hydrogens is 446 g/mol. The Morgan fingerprint density at radius 2 is 1.66 bits per heavy atom. The highest BCUT2D eigenvalue weighted by molar-refractivity contribution is 6.22. The van der Waals surface area contributed by atoms with E-state index >= 15 is 0 Å². The van der Waals surface area contributed by atoms with E-state index in [1.807, 2.05) is 13.1 Å². The average molecular weight is 478 g/mol. The van der Waals surface area contributed by atoms with Gasteiger partial charge in [-0.1, -0.05) is 18.9 Å². The molecule has 35 heavy (non-hydrogen) atoms. The average Bonchev–Trinajstić information content (AvgIpc) is 3.14. The Kier molecular flexibility index (Phi) is 6.77. The molecule has 184 valence electrons. The normalized spacial score (nSPS) is 22.9. The fraction of sp³-hybridized carbons (Fsp3) is 0.500. The molecule has 1 aliphatic carbocycles. The molecule has 9 heteroatoms. The molecule has 4 heterocycles. The molecule has 2 saturated heterocycles. The summed E-state index contributed by atoms with van der Waals surface area (Å²) in [6.07, 6.45) is 7.27. The number of aryl methyl sites for hydroxylation is 1. The van der Waals surface area contributed by atoms with Crippen LogP contribution in [0.2, 0.25) is 0 Å². The lowest BCUT2D eigenvalue weighted by atomic mass is 9.81. The van der Waals surface area contributed by atoms with Crippen molar-refractivity contribution < 1.29 is 19.1 Å². The van der Waals surface area contributed by atoms with E-state index in [0.717, 1.165) is 63.0 Å². The van der Waals surface area contributed by atoms with Crippen LogP contribution in [0.3, 0.4) is 0 Å². The number of carbonyl (C=O) groups is 3. The zero-order chi connectivity index (χ0) is 24.4. The predicted molar refractivity (Wildman–Crippen MR) is 129 cm³/mol. The van der Waals surface area contributed by atoms with Crippen molar-refractivity contribution in [1.29, 1.82) is 0 Å². The summed E-state index contributed by atoms with van der Waals surface area (Å²) in [6.45, 7) is 5.64. The van der Waals surface area contributed by atoms with Gasteiger partial charge in [0.2, 0.25) is 17.7 Å². The highest BCUT2D eigenvalue weighted by atomic mass is 16.6. The fourth-order valence-corrected chi connectivity index (χ4v) is 5.21. The van der Waals surface area contributed by atoms with Gasteiger partial charge in [0.05, 0.1) is 23.7 Å². The number of carbonyl (C=O) groups excluding carboxylic acids is 3. The molecule has 2 aliphatic heterocycles. The maximum Gasteiger partial charge on any atom is 0.416 e. The number of fused-ring (bicyclic) bond motifs is 1. The van der Waals surface area contributed by atoms with Gasteiger partial charge in [-0.25, -0.2) is 14.7 Å². The van der Waals surface area contributed by atoms with Crippen molar-refractivity contribution in [2.45, 2.75) is 39.0 Å².